The highest BCUT2D eigenvalue weighted by Crippen LogP contribution is 2.48. The lowest BCUT2D eigenvalue weighted by molar-refractivity contribution is -0.265. The number of halogens is 6. The molecule has 2 aromatic heterocycles. The number of aromatic nitrogens is 3. The Hall–Kier alpha value is -4.46. The van der Waals surface area contributed by atoms with E-state index in [9.17, 15) is 36.2 Å². The number of benzene rings is 2. The summed E-state index contributed by atoms with van der Waals surface area (Å²) in [7, 11) is 1.32. The van der Waals surface area contributed by atoms with E-state index in [1.807, 2.05) is 0 Å². The lowest BCUT2D eigenvalue weighted by atomic mass is 9.82. The molecule has 3 heterocycles. The van der Waals surface area contributed by atoms with Crippen LogP contribution in [0.4, 0.5) is 26.3 Å². The van der Waals surface area contributed by atoms with Crippen molar-refractivity contribution in [2.24, 2.45) is 0 Å². The van der Waals surface area contributed by atoms with Crippen LogP contribution in [0.3, 0.4) is 0 Å². The number of pyridine rings is 1. The van der Waals surface area contributed by atoms with Crippen LogP contribution in [0.2, 0.25) is 0 Å². The summed E-state index contributed by atoms with van der Waals surface area (Å²) in [5.74, 6) is -1.70. The van der Waals surface area contributed by atoms with E-state index in [-0.39, 0.29) is 33.9 Å². The maximum atomic E-state index is 14.6. The van der Waals surface area contributed by atoms with Crippen LogP contribution >= 0.6 is 0 Å². The number of hydrogen-bond acceptors (Lipinski definition) is 7. The number of carbonyl (C=O) groups is 1. The van der Waals surface area contributed by atoms with E-state index in [1.165, 1.54) is 31.4 Å². The molecule has 14 heteroatoms. The van der Waals surface area contributed by atoms with Gasteiger partial charge in [0, 0.05) is 22.1 Å². The van der Waals surface area contributed by atoms with Crippen LogP contribution in [0.15, 0.2) is 48.5 Å². The summed E-state index contributed by atoms with van der Waals surface area (Å²) < 4.78 is 96.5. The third-order valence-corrected chi connectivity index (χ3v) is 7.32. The van der Waals surface area contributed by atoms with Crippen LogP contribution < -0.4 is 14.8 Å². The molecular weight excluding hydrogens is 582 g/mol. The maximum absolute atomic E-state index is 14.6. The summed E-state index contributed by atoms with van der Waals surface area (Å²) >= 11 is 0. The van der Waals surface area contributed by atoms with Crippen LogP contribution in [-0.2, 0) is 11.0 Å². The van der Waals surface area contributed by atoms with Gasteiger partial charge in [-0.2, -0.15) is 18.3 Å². The number of carbonyl (C=O) groups excluding carboxylic acids is 1. The molecule has 5 rings (SSSR count). The van der Waals surface area contributed by atoms with Gasteiger partial charge < -0.3 is 19.9 Å². The fourth-order valence-corrected chi connectivity index (χ4v) is 4.80. The minimum Gasteiger partial charge on any atom is -0.494 e. The van der Waals surface area contributed by atoms with E-state index >= 15 is 0 Å². The Morgan fingerprint density at radius 2 is 1.79 bits per heavy atom. The number of methoxy groups -OCH3 is 1. The van der Waals surface area contributed by atoms with Crippen LogP contribution in [0.5, 0.6) is 11.5 Å². The van der Waals surface area contributed by atoms with Gasteiger partial charge in [0.2, 0.25) is 5.60 Å². The number of aryl methyl sites for hydroxylation is 1. The second kappa shape index (κ2) is 11.0. The molecule has 0 saturated carbocycles. The lowest BCUT2D eigenvalue weighted by Gasteiger charge is -2.31. The Morgan fingerprint density at radius 3 is 2.42 bits per heavy atom. The third-order valence-electron chi connectivity index (χ3n) is 7.32. The smallest absolute Gasteiger partial charge is 0.424 e. The highest BCUT2D eigenvalue weighted by atomic mass is 19.4. The molecule has 0 fully saturated rings. The molecule has 0 bridgehead atoms. The van der Waals surface area contributed by atoms with Gasteiger partial charge >= 0.3 is 6.18 Å². The minimum absolute atomic E-state index is 0.0724. The van der Waals surface area contributed by atoms with Gasteiger partial charge in [-0.15, -0.1) is 5.10 Å². The lowest BCUT2D eigenvalue weighted by Crippen LogP contribution is -2.51. The van der Waals surface area contributed by atoms with Gasteiger partial charge in [0.25, 0.3) is 5.91 Å². The highest BCUT2D eigenvalue weighted by molar-refractivity contribution is 5.99. The number of amides is 1. The number of alkyl halides is 5. The van der Waals surface area contributed by atoms with E-state index in [4.69, 9.17) is 9.47 Å². The SMILES string of the molecule is COc1cc(C(=O)NCC(O)(c2cc3c(c(-c4ccc(F)cc4)n2)OCC3(CF)CF)C(F)(F)F)cc2cc(C)nnc12. The molecule has 1 atom stereocenters. The number of nitrogens with zero attached hydrogens (tertiary/aromatic N) is 3. The quantitative estimate of drug-likeness (QED) is 0.275. The molecule has 0 saturated heterocycles. The second-order valence-electron chi connectivity index (χ2n) is 10.2. The number of aliphatic hydroxyl groups is 1. The van der Waals surface area contributed by atoms with Crippen molar-refractivity contribution in [3.63, 3.8) is 0 Å². The molecular formula is C29H24F6N4O4. The third kappa shape index (κ3) is 5.19. The van der Waals surface area contributed by atoms with Gasteiger partial charge in [-0.05, 0) is 55.5 Å². The van der Waals surface area contributed by atoms with Crippen molar-refractivity contribution in [1.82, 2.24) is 20.5 Å². The molecule has 0 spiro atoms. The van der Waals surface area contributed by atoms with Gasteiger partial charge in [0.15, 0.2) is 0 Å². The Bertz CT molecular complexity index is 1700. The summed E-state index contributed by atoms with van der Waals surface area (Å²) in [6.07, 6.45) is -5.43. The molecule has 43 heavy (non-hydrogen) atoms. The molecule has 226 valence electrons. The summed E-state index contributed by atoms with van der Waals surface area (Å²) in [6.45, 7) is -2.94. The van der Waals surface area contributed by atoms with E-state index in [0.29, 0.717) is 16.6 Å². The monoisotopic (exact) mass is 606 g/mol. The van der Waals surface area contributed by atoms with Gasteiger partial charge in [-0.1, -0.05) is 0 Å². The Balaban J connectivity index is 1.58. The van der Waals surface area contributed by atoms with Gasteiger partial charge in [0.1, 0.15) is 48.5 Å². The van der Waals surface area contributed by atoms with E-state index in [2.05, 4.69) is 20.5 Å². The molecule has 4 aromatic rings. The number of fused-ring (bicyclic) bond motifs is 2. The van der Waals surface area contributed by atoms with E-state index in [0.717, 1.165) is 18.2 Å². The number of hydrogen-bond donors (Lipinski definition) is 2. The normalized spacial score (nSPS) is 15.5. The first-order valence-electron chi connectivity index (χ1n) is 12.8. The molecule has 2 N–H and O–H groups in total. The standard InChI is InChI=1S/C29H24F6N4O4/c1-15-7-17-8-18(9-21(42-2)23(17)39-38-15)26(40)36-13-28(41,29(33,34)35)22-10-20-25(43-14-27(20,11-30)12-31)24(37-22)16-3-5-19(32)6-4-16/h3-10,41H,11-14H2,1-2H3,(H,36,40). The van der Waals surface area contributed by atoms with E-state index < -0.39 is 61.1 Å². The van der Waals surface area contributed by atoms with Gasteiger partial charge in [-0.3, -0.25) is 4.79 Å². The molecule has 1 amide bonds. The fraction of sp³-hybridized carbons (Fsp3) is 0.310. The molecule has 0 radical (unpaired) electrons. The zero-order valence-corrected chi connectivity index (χ0v) is 22.7. The summed E-state index contributed by atoms with van der Waals surface area (Å²) in [4.78, 5) is 17.1. The minimum atomic E-state index is -5.43. The Kier molecular flexibility index (Phi) is 7.67. The van der Waals surface area contributed by atoms with Crippen molar-refractivity contribution in [2.75, 3.05) is 33.6 Å². The van der Waals surface area contributed by atoms with Crippen molar-refractivity contribution in [3.05, 3.63) is 76.9 Å². The maximum Gasteiger partial charge on any atom is 0.424 e. The van der Waals surface area contributed by atoms with Crippen LogP contribution in [-0.4, -0.2) is 66.0 Å². The Morgan fingerprint density at radius 1 is 1.09 bits per heavy atom. The van der Waals surface area contributed by atoms with E-state index in [1.54, 1.807) is 13.0 Å². The first-order chi connectivity index (χ1) is 20.4. The Labute approximate surface area is 240 Å². The van der Waals surface area contributed by atoms with Crippen molar-refractivity contribution in [3.8, 4) is 22.8 Å². The number of nitrogens with one attached hydrogen (secondary N) is 1. The molecule has 1 unspecified atom stereocenters. The zero-order chi connectivity index (χ0) is 31.2. The average molecular weight is 607 g/mol. The van der Waals surface area contributed by atoms with Crippen LogP contribution in [0.1, 0.15) is 27.3 Å². The molecule has 8 nitrogen and oxygen atoms in total. The molecule has 0 aliphatic carbocycles. The average Bonchev–Trinajstić information content (AvgIpc) is 3.37. The zero-order valence-electron chi connectivity index (χ0n) is 22.7. The van der Waals surface area contributed by atoms with Crippen molar-refractivity contribution in [2.45, 2.75) is 24.1 Å². The van der Waals surface area contributed by atoms with Crippen molar-refractivity contribution >= 4 is 16.8 Å². The highest BCUT2D eigenvalue weighted by Gasteiger charge is 2.57. The number of rotatable bonds is 8. The largest absolute Gasteiger partial charge is 0.494 e. The predicted molar refractivity (Wildman–Crippen MR) is 142 cm³/mol. The summed E-state index contributed by atoms with van der Waals surface area (Å²) in [5.41, 5.74) is -6.60. The molecule has 1 aliphatic rings. The fourth-order valence-electron chi connectivity index (χ4n) is 4.80. The predicted octanol–water partition coefficient (Wildman–Crippen LogP) is 4.90. The summed E-state index contributed by atoms with van der Waals surface area (Å²) in [5, 5.41) is 21.6. The molecule has 2 aromatic carbocycles. The van der Waals surface area contributed by atoms with Crippen LogP contribution in [0.25, 0.3) is 22.2 Å². The van der Waals surface area contributed by atoms with Crippen molar-refractivity contribution < 1.29 is 45.7 Å². The van der Waals surface area contributed by atoms with Gasteiger partial charge in [-0.25, -0.2) is 18.2 Å². The first-order valence-corrected chi connectivity index (χ1v) is 12.8. The van der Waals surface area contributed by atoms with Gasteiger partial charge in [0.05, 0.1) is 30.5 Å². The van der Waals surface area contributed by atoms with Crippen LogP contribution in [0, 0.1) is 12.7 Å². The summed E-state index contributed by atoms with van der Waals surface area (Å²) in [6, 6.07) is 9.39. The topological polar surface area (TPSA) is 106 Å². The number of ether oxygens (including phenoxy) is 2. The molecule has 1 aliphatic heterocycles. The second-order valence-corrected chi connectivity index (χ2v) is 10.2. The van der Waals surface area contributed by atoms with Crippen molar-refractivity contribution in [1.29, 1.82) is 0 Å². The first kappa shape index (κ1) is 30.0.